The molecule has 8 nitrogen and oxygen atoms in total. The Balaban J connectivity index is 2.39. The van der Waals surface area contributed by atoms with Crippen LogP contribution < -0.4 is 17.0 Å². The number of alkyl halides is 3. The van der Waals surface area contributed by atoms with Gasteiger partial charge in [0.1, 0.15) is 6.54 Å². The molecule has 0 aliphatic rings. The van der Waals surface area contributed by atoms with E-state index in [0.29, 0.717) is 4.57 Å². The van der Waals surface area contributed by atoms with Crippen molar-refractivity contribution in [3.05, 3.63) is 50.9 Å². The number of nitrogens with zero attached hydrogens (tertiary/aromatic N) is 3. The number of amides is 1. The molecule has 2 heterocycles. The van der Waals surface area contributed by atoms with Crippen LogP contribution in [-0.2, 0) is 24.6 Å². The number of H-pyrrole nitrogens is 1. The van der Waals surface area contributed by atoms with Crippen LogP contribution >= 0.6 is 0 Å². The van der Waals surface area contributed by atoms with Gasteiger partial charge in [-0.2, -0.15) is 18.3 Å². The Bertz CT molecular complexity index is 1140. The van der Waals surface area contributed by atoms with Crippen LogP contribution in [0.1, 0.15) is 5.56 Å². The number of carbonyl (C=O) groups excluding carboxylic acids is 1. The molecule has 0 saturated carbocycles. The first-order valence-corrected chi connectivity index (χ1v) is 7.23. The minimum atomic E-state index is -4.65. The number of carbonyl (C=O) groups is 1. The summed E-state index contributed by atoms with van der Waals surface area (Å²) >= 11 is 0. The molecule has 0 atom stereocenters. The van der Waals surface area contributed by atoms with Gasteiger partial charge in [-0.3, -0.25) is 19.3 Å². The molecule has 3 aromatic rings. The third-order valence-corrected chi connectivity index (χ3v) is 3.82. The normalized spacial score (nSPS) is 11.8. The molecule has 136 valence electrons. The average molecular weight is 367 g/mol. The van der Waals surface area contributed by atoms with E-state index in [2.05, 4.69) is 10.2 Å². The maximum atomic E-state index is 13.2. The molecule has 0 radical (unpaired) electrons. The molecule has 0 unspecified atom stereocenters. The summed E-state index contributed by atoms with van der Waals surface area (Å²) in [5.74, 6) is -0.932. The lowest BCUT2D eigenvalue weighted by molar-refractivity contribution is -0.137. The summed E-state index contributed by atoms with van der Waals surface area (Å²) in [6.07, 6.45) is -2.27. The Morgan fingerprint density at radius 2 is 1.96 bits per heavy atom. The zero-order valence-corrected chi connectivity index (χ0v) is 13.3. The van der Waals surface area contributed by atoms with E-state index in [1.807, 2.05) is 0 Å². The number of hydrogen-bond acceptors (Lipinski definition) is 4. The summed E-state index contributed by atoms with van der Waals surface area (Å²) in [5, 5.41) is 6.40. The number of hydrogen-bond donors (Lipinski definition) is 2. The van der Waals surface area contributed by atoms with Crippen molar-refractivity contribution >= 4 is 16.8 Å². The van der Waals surface area contributed by atoms with E-state index in [-0.39, 0.29) is 22.0 Å². The van der Waals surface area contributed by atoms with Gasteiger partial charge in [-0.1, -0.05) is 0 Å². The van der Waals surface area contributed by atoms with Gasteiger partial charge in [-0.15, -0.1) is 0 Å². The number of benzene rings is 1. The van der Waals surface area contributed by atoms with Crippen molar-refractivity contribution in [2.75, 3.05) is 0 Å². The molecule has 3 N–H and O–H groups in total. The van der Waals surface area contributed by atoms with Crippen molar-refractivity contribution in [1.29, 1.82) is 0 Å². The maximum absolute atomic E-state index is 13.2. The molecule has 0 aliphatic carbocycles. The Kier molecular flexibility index (Phi) is 3.93. The average Bonchev–Trinajstić information content (AvgIpc) is 3.01. The zero-order chi connectivity index (χ0) is 19.2. The van der Waals surface area contributed by atoms with E-state index in [9.17, 15) is 27.6 Å². The van der Waals surface area contributed by atoms with Crippen molar-refractivity contribution in [2.24, 2.45) is 12.8 Å². The predicted molar refractivity (Wildman–Crippen MR) is 85.2 cm³/mol. The Hall–Kier alpha value is -3.37. The molecule has 0 spiro atoms. The highest BCUT2D eigenvalue weighted by molar-refractivity contribution is 5.94. The van der Waals surface area contributed by atoms with E-state index >= 15 is 0 Å². The van der Waals surface area contributed by atoms with E-state index in [1.54, 1.807) is 0 Å². The van der Waals surface area contributed by atoms with Gasteiger partial charge in [0.25, 0.3) is 5.56 Å². The second-order valence-electron chi connectivity index (χ2n) is 5.65. The molecule has 2 aromatic heterocycles. The van der Waals surface area contributed by atoms with Crippen molar-refractivity contribution in [3.8, 4) is 11.1 Å². The lowest BCUT2D eigenvalue weighted by Crippen LogP contribution is -2.42. The molecule has 0 fully saturated rings. The first kappa shape index (κ1) is 17.5. The van der Waals surface area contributed by atoms with Crippen molar-refractivity contribution in [2.45, 2.75) is 12.7 Å². The van der Waals surface area contributed by atoms with Crippen LogP contribution in [0, 0.1) is 0 Å². The Morgan fingerprint density at radius 3 is 2.58 bits per heavy atom. The van der Waals surface area contributed by atoms with Crippen molar-refractivity contribution < 1.29 is 18.0 Å². The van der Waals surface area contributed by atoms with Crippen LogP contribution in [0.25, 0.3) is 22.0 Å². The third-order valence-electron chi connectivity index (χ3n) is 3.82. The Morgan fingerprint density at radius 1 is 1.27 bits per heavy atom. The fourth-order valence-corrected chi connectivity index (χ4v) is 2.64. The third kappa shape index (κ3) is 2.87. The van der Waals surface area contributed by atoms with Crippen molar-refractivity contribution in [3.63, 3.8) is 0 Å². The second-order valence-corrected chi connectivity index (χ2v) is 5.65. The topological polar surface area (TPSA) is 116 Å². The van der Waals surface area contributed by atoms with Gasteiger partial charge in [0, 0.05) is 24.2 Å². The summed E-state index contributed by atoms with van der Waals surface area (Å²) < 4.78 is 41.1. The van der Waals surface area contributed by atoms with Gasteiger partial charge in [0.15, 0.2) is 0 Å². The van der Waals surface area contributed by atoms with Gasteiger partial charge >= 0.3 is 11.9 Å². The van der Waals surface area contributed by atoms with E-state index in [4.69, 9.17) is 5.73 Å². The smallest absolute Gasteiger partial charge is 0.368 e. The molecule has 1 aromatic carbocycles. The van der Waals surface area contributed by atoms with Gasteiger partial charge in [-0.05, 0) is 12.1 Å². The monoisotopic (exact) mass is 367 g/mol. The molecule has 11 heteroatoms. The van der Waals surface area contributed by atoms with Crippen LogP contribution in [0.15, 0.2) is 34.1 Å². The number of nitrogens with two attached hydrogens (primary N) is 1. The van der Waals surface area contributed by atoms with Crippen LogP contribution in [0.5, 0.6) is 0 Å². The van der Waals surface area contributed by atoms with Gasteiger partial charge in [-0.25, -0.2) is 4.79 Å². The number of aromatic nitrogens is 4. The van der Waals surface area contributed by atoms with E-state index in [1.165, 1.54) is 13.2 Å². The van der Waals surface area contributed by atoms with E-state index < -0.39 is 35.4 Å². The van der Waals surface area contributed by atoms with Crippen LogP contribution in [0.4, 0.5) is 13.2 Å². The van der Waals surface area contributed by atoms with Crippen LogP contribution in [0.2, 0.25) is 0 Å². The van der Waals surface area contributed by atoms with Gasteiger partial charge < -0.3 is 10.3 Å². The predicted octanol–water partition coefficient (Wildman–Crippen LogP) is 0.594. The molecule has 0 aliphatic heterocycles. The standard InChI is InChI=1S/C15H12F3N5O3/c1-22-5-10(13(25)23(14(22)26)6-12(19)24)8-2-7(15(16,17)18)3-11-9(8)4-20-21-11/h2-5H,6H2,1H3,(H2,19,24)(H,20,21). The number of aromatic amines is 1. The number of nitrogens with one attached hydrogen (secondary N) is 1. The molecular formula is C15H12F3N5O3. The fraction of sp³-hybridized carbons (Fsp3) is 0.200. The number of primary amides is 1. The zero-order valence-electron chi connectivity index (χ0n) is 13.3. The molecule has 0 saturated heterocycles. The molecular weight excluding hydrogens is 355 g/mol. The quantitative estimate of drug-likeness (QED) is 0.705. The molecule has 3 rings (SSSR count). The number of fused-ring (bicyclic) bond motifs is 1. The summed E-state index contributed by atoms with van der Waals surface area (Å²) in [6, 6.07) is 1.67. The van der Waals surface area contributed by atoms with Crippen LogP contribution in [-0.4, -0.2) is 25.2 Å². The lowest BCUT2D eigenvalue weighted by atomic mass is 10.0. The summed E-state index contributed by atoms with van der Waals surface area (Å²) in [4.78, 5) is 35.8. The highest BCUT2D eigenvalue weighted by Crippen LogP contribution is 2.35. The largest absolute Gasteiger partial charge is 0.416 e. The molecule has 26 heavy (non-hydrogen) atoms. The molecule has 1 amide bonds. The summed E-state index contributed by atoms with van der Waals surface area (Å²) in [6.45, 7) is -0.688. The first-order chi connectivity index (χ1) is 12.1. The Labute approximate surface area is 142 Å². The summed E-state index contributed by atoms with van der Waals surface area (Å²) in [7, 11) is 1.31. The number of aryl methyl sites for hydroxylation is 1. The fourth-order valence-electron chi connectivity index (χ4n) is 2.64. The minimum Gasteiger partial charge on any atom is -0.368 e. The first-order valence-electron chi connectivity index (χ1n) is 7.23. The van der Waals surface area contributed by atoms with Gasteiger partial charge in [0.2, 0.25) is 5.91 Å². The molecule has 0 bridgehead atoms. The maximum Gasteiger partial charge on any atom is 0.416 e. The van der Waals surface area contributed by atoms with Crippen molar-refractivity contribution in [1.82, 2.24) is 19.3 Å². The minimum absolute atomic E-state index is 0.0672. The number of rotatable bonds is 3. The second kappa shape index (κ2) is 5.86. The SMILES string of the molecule is Cn1cc(-c2cc(C(F)(F)F)cc3[nH]ncc23)c(=O)n(CC(N)=O)c1=O. The van der Waals surface area contributed by atoms with E-state index in [0.717, 1.165) is 22.9 Å². The van der Waals surface area contributed by atoms with Gasteiger partial charge in [0.05, 0.1) is 22.8 Å². The number of halogens is 3. The highest BCUT2D eigenvalue weighted by Gasteiger charge is 2.32. The highest BCUT2D eigenvalue weighted by atomic mass is 19.4. The lowest BCUT2D eigenvalue weighted by Gasteiger charge is -2.12. The summed E-state index contributed by atoms with van der Waals surface area (Å²) in [5.41, 5.74) is 2.14. The van der Waals surface area contributed by atoms with Crippen LogP contribution in [0.3, 0.4) is 0 Å².